The average Bonchev–Trinajstić information content (AvgIpc) is 2.29. The third kappa shape index (κ3) is 2.96. The first kappa shape index (κ1) is 9.94. The maximum absolute atomic E-state index is 2.26. The molecule has 0 bridgehead atoms. The van der Waals surface area contributed by atoms with Crippen molar-refractivity contribution in [3.05, 3.63) is 54.1 Å². The van der Waals surface area contributed by atoms with E-state index in [0.29, 0.717) is 5.25 Å². The summed E-state index contributed by atoms with van der Waals surface area (Å²) in [6.45, 7) is 0. The van der Waals surface area contributed by atoms with Crippen molar-refractivity contribution < 1.29 is 0 Å². The highest BCUT2D eigenvalue weighted by atomic mass is 33.1. The van der Waals surface area contributed by atoms with Crippen LogP contribution in [-0.4, -0.2) is 11.0 Å². The predicted octanol–water partition coefficient (Wildman–Crippen LogP) is 4.02. The maximum Gasteiger partial charge on any atom is 0.0515 e. The van der Waals surface area contributed by atoms with Crippen molar-refractivity contribution in [1.82, 2.24) is 0 Å². The van der Waals surface area contributed by atoms with Crippen molar-refractivity contribution in [2.45, 2.75) is 5.25 Å². The minimum atomic E-state index is 0.536. The van der Waals surface area contributed by atoms with Gasteiger partial charge in [0.1, 0.15) is 0 Å². The Kier molecular flexibility index (Phi) is 3.78. The first-order valence-corrected chi connectivity index (χ1v) is 7.01. The second-order valence-electron chi connectivity index (χ2n) is 3.04. The smallest absolute Gasteiger partial charge is 0.0515 e. The van der Waals surface area contributed by atoms with Crippen LogP contribution < -0.4 is 0 Å². The highest BCUT2D eigenvalue weighted by Gasteiger charge is 2.04. The Morgan fingerprint density at radius 1 is 1.21 bits per heavy atom. The van der Waals surface area contributed by atoms with Crippen LogP contribution in [0, 0.1) is 0 Å². The van der Waals surface area contributed by atoms with Crippen molar-refractivity contribution in [3.8, 4) is 0 Å². The number of benzene rings is 1. The summed E-state index contributed by atoms with van der Waals surface area (Å²) in [6.07, 6.45) is 8.94. The molecule has 0 aromatic heterocycles. The monoisotopic (exact) mass is 220 g/mol. The van der Waals surface area contributed by atoms with Gasteiger partial charge in [0, 0.05) is 5.75 Å². The molecule has 0 fully saturated rings. The van der Waals surface area contributed by atoms with Crippen LogP contribution in [0.3, 0.4) is 0 Å². The van der Waals surface area contributed by atoms with Gasteiger partial charge in [-0.25, -0.2) is 0 Å². The molecule has 0 amide bonds. The molecule has 0 radical (unpaired) electrons. The molecule has 2 heteroatoms. The summed E-state index contributed by atoms with van der Waals surface area (Å²) in [5, 5.41) is 0.536. The summed E-state index contributed by atoms with van der Waals surface area (Å²) in [7, 11) is 3.84. The van der Waals surface area contributed by atoms with Gasteiger partial charge in [-0.15, -0.1) is 0 Å². The van der Waals surface area contributed by atoms with Gasteiger partial charge in [0.25, 0.3) is 0 Å². The largest absolute Gasteiger partial charge is 0.0891 e. The lowest BCUT2D eigenvalue weighted by Crippen LogP contribution is -1.94. The van der Waals surface area contributed by atoms with Gasteiger partial charge in [-0.2, -0.15) is 0 Å². The molecule has 1 aromatic rings. The molecule has 1 aliphatic rings. The van der Waals surface area contributed by atoms with Crippen LogP contribution in [0.15, 0.2) is 48.6 Å². The maximum atomic E-state index is 2.26. The van der Waals surface area contributed by atoms with Gasteiger partial charge in [0.05, 0.1) is 5.25 Å². The van der Waals surface area contributed by atoms with Gasteiger partial charge in [0.2, 0.25) is 0 Å². The molecule has 1 aromatic carbocycles. The average molecular weight is 220 g/mol. The van der Waals surface area contributed by atoms with E-state index in [0.717, 1.165) is 5.75 Å². The molecule has 14 heavy (non-hydrogen) atoms. The topological polar surface area (TPSA) is 0 Å². The van der Waals surface area contributed by atoms with Crippen LogP contribution in [0.5, 0.6) is 0 Å². The summed E-state index contributed by atoms with van der Waals surface area (Å²) < 4.78 is 0. The Bertz CT molecular complexity index is 327. The van der Waals surface area contributed by atoms with Gasteiger partial charge >= 0.3 is 0 Å². The zero-order valence-electron chi connectivity index (χ0n) is 7.80. The fourth-order valence-corrected chi connectivity index (χ4v) is 3.32. The minimum absolute atomic E-state index is 0.536. The van der Waals surface area contributed by atoms with E-state index in [9.17, 15) is 0 Å². The fraction of sp³-hybridized carbons (Fsp3) is 0.167. The minimum Gasteiger partial charge on any atom is -0.0891 e. The molecule has 1 unspecified atom stereocenters. The molecule has 0 saturated heterocycles. The molecule has 1 atom stereocenters. The standard InChI is InChI=1S/C12H12S2/c1-2-5-11(6-3-1)8-9-12-7-4-10-13-14-12/h1-9,12H,10H2/b9-8+. The van der Waals surface area contributed by atoms with Crippen molar-refractivity contribution in [2.24, 2.45) is 0 Å². The third-order valence-electron chi connectivity index (χ3n) is 1.95. The summed E-state index contributed by atoms with van der Waals surface area (Å²) >= 11 is 0. The lowest BCUT2D eigenvalue weighted by molar-refractivity contribution is 1.42. The van der Waals surface area contributed by atoms with E-state index in [1.807, 2.05) is 27.7 Å². The van der Waals surface area contributed by atoms with Gasteiger partial charge in [0.15, 0.2) is 0 Å². The highest BCUT2D eigenvalue weighted by Crippen LogP contribution is 2.32. The van der Waals surface area contributed by atoms with E-state index < -0.39 is 0 Å². The van der Waals surface area contributed by atoms with E-state index in [1.54, 1.807) is 0 Å². The number of hydrogen-bond acceptors (Lipinski definition) is 2. The molecule has 1 aliphatic heterocycles. The Labute approximate surface area is 92.9 Å². The quantitative estimate of drug-likeness (QED) is 0.545. The van der Waals surface area contributed by atoms with Crippen molar-refractivity contribution >= 4 is 27.7 Å². The van der Waals surface area contributed by atoms with Crippen molar-refractivity contribution in [3.63, 3.8) is 0 Å². The molecule has 2 rings (SSSR count). The van der Waals surface area contributed by atoms with E-state index in [-0.39, 0.29) is 0 Å². The lowest BCUT2D eigenvalue weighted by Gasteiger charge is -2.10. The summed E-state index contributed by atoms with van der Waals surface area (Å²) in [5.41, 5.74) is 1.28. The molecule has 0 nitrogen and oxygen atoms in total. The number of hydrogen-bond donors (Lipinski definition) is 0. The van der Waals surface area contributed by atoms with Crippen LogP contribution in [-0.2, 0) is 0 Å². The van der Waals surface area contributed by atoms with Crippen LogP contribution >= 0.6 is 21.6 Å². The Hall–Kier alpha value is -0.600. The predicted molar refractivity (Wildman–Crippen MR) is 68.5 cm³/mol. The van der Waals surface area contributed by atoms with Gasteiger partial charge in [-0.1, -0.05) is 76.2 Å². The van der Waals surface area contributed by atoms with Gasteiger partial charge < -0.3 is 0 Å². The molecule has 72 valence electrons. The summed E-state index contributed by atoms with van der Waals surface area (Å²) in [5.74, 6) is 1.14. The molecule has 0 spiro atoms. The van der Waals surface area contributed by atoms with Crippen molar-refractivity contribution in [2.75, 3.05) is 5.75 Å². The van der Waals surface area contributed by atoms with Crippen LogP contribution in [0.2, 0.25) is 0 Å². The summed E-state index contributed by atoms with van der Waals surface area (Å²) in [4.78, 5) is 0. The normalized spacial score (nSPS) is 21.6. The van der Waals surface area contributed by atoms with Crippen LogP contribution in [0.4, 0.5) is 0 Å². The molecule has 1 heterocycles. The second kappa shape index (κ2) is 5.32. The van der Waals surface area contributed by atoms with Crippen LogP contribution in [0.1, 0.15) is 5.56 Å². The van der Waals surface area contributed by atoms with E-state index in [4.69, 9.17) is 0 Å². The molecular weight excluding hydrogens is 208 g/mol. The summed E-state index contributed by atoms with van der Waals surface area (Å²) in [6, 6.07) is 10.4. The Balaban J connectivity index is 1.99. The van der Waals surface area contributed by atoms with E-state index >= 15 is 0 Å². The van der Waals surface area contributed by atoms with E-state index in [1.165, 1.54) is 5.56 Å². The second-order valence-corrected chi connectivity index (χ2v) is 5.63. The van der Waals surface area contributed by atoms with Crippen LogP contribution in [0.25, 0.3) is 6.08 Å². The Morgan fingerprint density at radius 2 is 2.07 bits per heavy atom. The lowest BCUT2D eigenvalue weighted by atomic mass is 10.2. The van der Waals surface area contributed by atoms with Gasteiger partial charge in [-0.05, 0) is 5.56 Å². The fourth-order valence-electron chi connectivity index (χ4n) is 1.25. The zero-order chi connectivity index (χ0) is 9.64. The SMILES string of the molecule is C1=CC(/C=C/c2ccccc2)SSC1. The third-order valence-corrected chi connectivity index (χ3v) is 4.43. The molecular formula is C12H12S2. The molecule has 0 N–H and O–H groups in total. The first-order chi connectivity index (χ1) is 6.95. The van der Waals surface area contributed by atoms with Gasteiger partial charge in [-0.3, -0.25) is 0 Å². The van der Waals surface area contributed by atoms with Crippen molar-refractivity contribution in [1.29, 1.82) is 0 Å². The van der Waals surface area contributed by atoms with E-state index in [2.05, 4.69) is 48.6 Å². The molecule has 0 aliphatic carbocycles. The Morgan fingerprint density at radius 3 is 2.79 bits per heavy atom. The highest BCUT2D eigenvalue weighted by molar-refractivity contribution is 8.77. The zero-order valence-corrected chi connectivity index (χ0v) is 9.43. The first-order valence-electron chi connectivity index (χ1n) is 4.63. The molecule has 0 saturated carbocycles. The number of rotatable bonds is 2.